The third-order valence-corrected chi connectivity index (χ3v) is 5.75. The van der Waals surface area contributed by atoms with Crippen molar-refractivity contribution in [1.29, 1.82) is 0 Å². The summed E-state index contributed by atoms with van der Waals surface area (Å²) in [5.74, 6) is 1.03. The fourth-order valence-corrected chi connectivity index (χ4v) is 4.45. The van der Waals surface area contributed by atoms with Gasteiger partial charge < -0.3 is 4.57 Å². The van der Waals surface area contributed by atoms with Crippen molar-refractivity contribution in [3.05, 3.63) is 41.8 Å². The van der Waals surface area contributed by atoms with Gasteiger partial charge in [0.25, 0.3) is 0 Å². The molecule has 5 heteroatoms. The molecule has 0 saturated heterocycles. The van der Waals surface area contributed by atoms with Gasteiger partial charge in [-0.1, -0.05) is 37.5 Å². The summed E-state index contributed by atoms with van der Waals surface area (Å²) in [5.41, 5.74) is 3.56. The lowest BCUT2D eigenvalue weighted by Crippen LogP contribution is -2.14. The average molecular weight is 334 g/mol. The van der Waals surface area contributed by atoms with E-state index in [1.807, 2.05) is 24.3 Å². The van der Waals surface area contributed by atoms with Crippen LogP contribution in [0.2, 0.25) is 0 Å². The van der Waals surface area contributed by atoms with Crippen LogP contribution in [0, 0.1) is 0 Å². The summed E-state index contributed by atoms with van der Waals surface area (Å²) in [6, 6.07) is 12.8. The molecule has 1 saturated carbocycles. The van der Waals surface area contributed by atoms with E-state index in [1.165, 1.54) is 37.0 Å². The van der Waals surface area contributed by atoms with Gasteiger partial charge in [-0.3, -0.25) is 0 Å². The van der Waals surface area contributed by atoms with Crippen molar-refractivity contribution in [3.8, 4) is 10.7 Å². The highest BCUT2D eigenvalue weighted by Gasteiger charge is 2.24. The predicted molar refractivity (Wildman–Crippen MR) is 98.3 cm³/mol. The summed E-state index contributed by atoms with van der Waals surface area (Å²) in [5, 5.41) is 2.11. The van der Waals surface area contributed by atoms with Crippen molar-refractivity contribution < 1.29 is 0 Å². The van der Waals surface area contributed by atoms with Crippen LogP contribution in [0.25, 0.3) is 33.0 Å². The highest BCUT2D eigenvalue weighted by atomic mass is 32.1. The van der Waals surface area contributed by atoms with Gasteiger partial charge in [0.05, 0.1) is 15.9 Å². The first-order valence-electron chi connectivity index (χ1n) is 8.59. The van der Waals surface area contributed by atoms with Gasteiger partial charge in [-0.2, -0.15) is 0 Å². The van der Waals surface area contributed by atoms with Gasteiger partial charge in [-0.15, -0.1) is 11.3 Å². The van der Waals surface area contributed by atoms with Crippen LogP contribution >= 0.6 is 11.3 Å². The molecule has 3 heterocycles. The number of imidazole rings is 1. The molecule has 120 valence electrons. The summed E-state index contributed by atoms with van der Waals surface area (Å²) in [6.07, 6.45) is 6.33. The van der Waals surface area contributed by atoms with Crippen LogP contribution in [-0.4, -0.2) is 19.5 Å². The smallest absolute Gasteiger partial charge is 0.198 e. The first-order valence-corrected chi connectivity index (χ1v) is 9.47. The Labute approximate surface area is 144 Å². The van der Waals surface area contributed by atoms with Crippen LogP contribution in [0.15, 0.2) is 41.8 Å². The molecule has 1 aromatic carbocycles. The number of benzene rings is 1. The van der Waals surface area contributed by atoms with Crippen molar-refractivity contribution in [2.24, 2.45) is 0 Å². The minimum atomic E-state index is 0.483. The Kier molecular flexibility index (Phi) is 3.33. The zero-order valence-electron chi connectivity index (χ0n) is 13.4. The summed E-state index contributed by atoms with van der Waals surface area (Å²) in [4.78, 5) is 15.8. The number of thiophene rings is 1. The number of rotatable bonds is 2. The largest absolute Gasteiger partial charge is 0.303 e. The lowest BCUT2D eigenvalue weighted by atomic mass is 9.95. The number of nitrogens with zero attached hydrogens (tertiary/aromatic N) is 4. The van der Waals surface area contributed by atoms with Gasteiger partial charge in [0.1, 0.15) is 0 Å². The number of hydrogen-bond donors (Lipinski definition) is 0. The maximum absolute atomic E-state index is 4.93. The van der Waals surface area contributed by atoms with E-state index < -0.39 is 0 Å². The predicted octanol–water partition coefficient (Wildman–Crippen LogP) is 5.21. The summed E-state index contributed by atoms with van der Waals surface area (Å²) in [6.45, 7) is 0. The second-order valence-electron chi connectivity index (χ2n) is 6.43. The molecular formula is C19H18N4S. The first-order chi connectivity index (χ1) is 11.9. The van der Waals surface area contributed by atoms with E-state index in [2.05, 4.69) is 22.1 Å². The second-order valence-corrected chi connectivity index (χ2v) is 7.38. The molecule has 3 aromatic heterocycles. The van der Waals surface area contributed by atoms with Gasteiger partial charge in [-0.25, -0.2) is 15.0 Å². The molecule has 0 bridgehead atoms. The van der Waals surface area contributed by atoms with Crippen molar-refractivity contribution in [2.75, 3.05) is 0 Å². The summed E-state index contributed by atoms with van der Waals surface area (Å²) >= 11 is 1.73. The average Bonchev–Trinajstić information content (AvgIpc) is 3.28. The molecule has 1 aliphatic rings. The van der Waals surface area contributed by atoms with Crippen LogP contribution in [0.3, 0.4) is 0 Å². The molecule has 4 aromatic rings. The van der Waals surface area contributed by atoms with E-state index in [0.717, 1.165) is 28.2 Å². The number of para-hydroxylation sites is 2. The maximum Gasteiger partial charge on any atom is 0.198 e. The minimum absolute atomic E-state index is 0.483. The number of aromatic nitrogens is 4. The third kappa shape index (κ3) is 2.23. The zero-order valence-corrected chi connectivity index (χ0v) is 14.2. The van der Waals surface area contributed by atoms with Crippen LogP contribution < -0.4 is 0 Å². The van der Waals surface area contributed by atoms with Gasteiger partial charge in [0.2, 0.25) is 0 Å². The highest BCUT2D eigenvalue weighted by molar-refractivity contribution is 7.13. The quantitative estimate of drug-likeness (QED) is 0.505. The van der Waals surface area contributed by atoms with Gasteiger partial charge in [0, 0.05) is 6.04 Å². The normalized spacial score (nSPS) is 16.2. The summed E-state index contributed by atoms with van der Waals surface area (Å²) in [7, 11) is 0. The van der Waals surface area contributed by atoms with Crippen LogP contribution in [0.4, 0.5) is 0 Å². The molecule has 5 rings (SSSR count). The SMILES string of the molecule is c1csc(-c2nc3nc4ccccc4nc3n2C2CCCCC2)c1. The molecule has 0 atom stereocenters. The Balaban J connectivity index is 1.80. The van der Waals surface area contributed by atoms with Gasteiger partial charge in [0.15, 0.2) is 17.1 Å². The molecule has 1 aliphatic carbocycles. The fourth-order valence-electron chi connectivity index (χ4n) is 3.74. The lowest BCUT2D eigenvalue weighted by Gasteiger charge is -2.24. The fraction of sp³-hybridized carbons (Fsp3) is 0.316. The Morgan fingerprint density at radius 3 is 2.42 bits per heavy atom. The van der Waals surface area contributed by atoms with E-state index >= 15 is 0 Å². The molecule has 0 N–H and O–H groups in total. The minimum Gasteiger partial charge on any atom is -0.303 e. The molecule has 4 nitrogen and oxygen atoms in total. The Morgan fingerprint density at radius 1 is 0.875 bits per heavy atom. The van der Waals surface area contributed by atoms with Gasteiger partial charge >= 0.3 is 0 Å². The Bertz CT molecular complexity index is 997. The molecule has 0 amide bonds. The van der Waals surface area contributed by atoms with Crippen molar-refractivity contribution in [2.45, 2.75) is 38.1 Å². The molecule has 0 radical (unpaired) electrons. The zero-order chi connectivity index (χ0) is 15.9. The standard InChI is InChI=1S/C19H18N4S/c1-2-7-13(8-3-1)23-18(16-11-6-12-24-16)22-17-19(23)21-15-10-5-4-9-14(15)20-17/h4-6,9-13H,1-3,7-8H2. The van der Waals surface area contributed by atoms with E-state index in [1.54, 1.807) is 11.3 Å². The van der Waals surface area contributed by atoms with Crippen LogP contribution in [0.1, 0.15) is 38.1 Å². The monoisotopic (exact) mass is 334 g/mol. The third-order valence-electron chi connectivity index (χ3n) is 4.88. The lowest BCUT2D eigenvalue weighted by molar-refractivity contribution is 0.361. The second kappa shape index (κ2) is 5.67. The molecule has 24 heavy (non-hydrogen) atoms. The maximum atomic E-state index is 4.93. The van der Waals surface area contributed by atoms with Crippen molar-refractivity contribution >= 4 is 33.7 Å². The van der Waals surface area contributed by atoms with Gasteiger partial charge in [-0.05, 0) is 36.4 Å². The van der Waals surface area contributed by atoms with Crippen molar-refractivity contribution in [3.63, 3.8) is 0 Å². The topological polar surface area (TPSA) is 43.6 Å². The molecule has 0 unspecified atom stereocenters. The van der Waals surface area contributed by atoms with E-state index in [0.29, 0.717) is 6.04 Å². The Hall–Kier alpha value is -2.27. The van der Waals surface area contributed by atoms with E-state index in [9.17, 15) is 0 Å². The molecule has 0 aliphatic heterocycles. The molecular weight excluding hydrogens is 316 g/mol. The first kappa shape index (κ1) is 14.1. The van der Waals surface area contributed by atoms with E-state index in [4.69, 9.17) is 15.0 Å². The highest BCUT2D eigenvalue weighted by Crippen LogP contribution is 2.36. The molecule has 0 spiro atoms. The Morgan fingerprint density at radius 2 is 1.67 bits per heavy atom. The molecule has 1 fully saturated rings. The van der Waals surface area contributed by atoms with Crippen LogP contribution in [-0.2, 0) is 0 Å². The van der Waals surface area contributed by atoms with E-state index in [-0.39, 0.29) is 0 Å². The van der Waals surface area contributed by atoms with Crippen LogP contribution in [0.5, 0.6) is 0 Å². The number of hydrogen-bond acceptors (Lipinski definition) is 4. The number of fused-ring (bicyclic) bond motifs is 2. The summed E-state index contributed by atoms with van der Waals surface area (Å²) < 4.78 is 2.36. The van der Waals surface area contributed by atoms with Crippen molar-refractivity contribution in [1.82, 2.24) is 19.5 Å².